The standard InChI is InChI=1S/C13H19N3O2/c1-7-10(13(17)18)12(16(2)15-7)14-11(8-3-4-8)9-5-6-9/h8-9,11,14H,3-6H2,1-2H3,(H,17,18). The molecule has 1 heterocycles. The molecule has 5 nitrogen and oxygen atoms in total. The molecular weight excluding hydrogens is 230 g/mol. The number of aromatic nitrogens is 2. The van der Waals surface area contributed by atoms with E-state index in [1.807, 2.05) is 0 Å². The lowest BCUT2D eigenvalue weighted by Gasteiger charge is -2.19. The minimum Gasteiger partial charge on any atom is -0.477 e. The molecule has 18 heavy (non-hydrogen) atoms. The number of aryl methyl sites for hydroxylation is 2. The maximum Gasteiger partial charge on any atom is 0.341 e. The molecule has 0 spiro atoms. The van der Waals surface area contributed by atoms with E-state index in [1.165, 1.54) is 25.7 Å². The van der Waals surface area contributed by atoms with Crippen LogP contribution in [-0.2, 0) is 7.05 Å². The molecule has 2 fully saturated rings. The first kappa shape index (κ1) is 11.6. The lowest BCUT2D eigenvalue weighted by Crippen LogP contribution is -2.26. The van der Waals surface area contributed by atoms with Gasteiger partial charge >= 0.3 is 5.97 Å². The van der Waals surface area contributed by atoms with E-state index in [9.17, 15) is 9.90 Å². The van der Waals surface area contributed by atoms with Crippen molar-refractivity contribution in [3.8, 4) is 0 Å². The maximum absolute atomic E-state index is 11.3. The Kier molecular flexibility index (Phi) is 2.57. The summed E-state index contributed by atoms with van der Waals surface area (Å²) in [5.41, 5.74) is 0.904. The van der Waals surface area contributed by atoms with Crippen LogP contribution in [0, 0.1) is 18.8 Å². The zero-order chi connectivity index (χ0) is 12.9. The molecule has 2 saturated carbocycles. The lowest BCUT2D eigenvalue weighted by atomic mass is 10.1. The van der Waals surface area contributed by atoms with Gasteiger partial charge in [-0.3, -0.25) is 4.68 Å². The average molecular weight is 249 g/mol. The highest BCUT2D eigenvalue weighted by Crippen LogP contribution is 2.46. The summed E-state index contributed by atoms with van der Waals surface area (Å²) in [4.78, 5) is 11.3. The second kappa shape index (κ2) is 4.00. The van der Waals surface area contributed by atoms with Crippen LogP contribution in [0.3, 0.4) is 0 Å². The third-order valence-electron chi connectivity index (χ3n) is 4.00. The number of carboxylic acids is 1. The molecule has 2 aliphatic rings. The Morgan fingerprint density at radius 3 is 2.39 bits per heavy atom. The van der Waals surface area contributed by atoms with Crippen molar-refractivity contribution in [3.63, 3.8) is 0 Å². The van der Waals surface area contributed by atoms with Crippen LogP contribution < -0.4 is 5.32 Å². The topological polar surface area (TPSA) is 67.2 Å². The molecule has 2 aliphatic carbocycles. The number of rotatable bonds is 5. The molecule has 0 unspecified atom stereocenters. The number of nitrogens with zero attached hydrogens (tertiary/aromatic N) is 2. The van der Waals surface area contributed by atoms with Crippen LogP contribution in [0.4, 0.5) is 5.82 Å². The predicted molar refractivity (Wildman–Crippen MR) is 67.8 cm³/mol. The third kappa shape index (κ3) is 1.98. The van der Waals surface area contributed by atoms with Gasteiger partial charge in [-0.05, 0) is 44.4 Å². The van der Waals surface area contributed by atoms with E-state index in [4.69, 9.17) is 0 Å². The van der Waals surface area contributed by atoms with E-state index in [-0.39, 0.29) is 0 Å². The molecule has 2 N–H and O–H groups in total. The summed E-state index contributed by atoms with van der Waals surface area (Å²) in [6.07, 6.45) is 5.08. The van der Waals surface area contributed by atoms with Gasteiger partial charge in [0.25, 0.3) is 0 Å². The molecule has 5 heteroatoms. The summed E-state index contributed by atoms with van der Waals surface area (Å²) in [5, 5.41) is 17.0. The molecule has 3 rings (SSSR count). The van der Waals surface area contributed by atoms with Crippen molar-refractivity contribution >= 4 is 11.8 Å². The van der Waals surface area contributed by atoms with Gasteiger partial charge in [-0.2, -0.15) is 5.10 Å². The van der Waals surface area contributed by atoms with Gasteiger partial charge in [-0.25, -0.2) is 4.79 Å². The highest BCUT2D eigenvalue weighted by atomic mass is 16.4. The van der Waals surface area contributed by atoms with Crippen LogP contribution in [0.5, 0.6) is 0 Å². The van der Waals surface area contributed by atoms with Gasteiger partial charge in [0.1, 0.15) is 11.4 Å². The predicted octanol–water partition coefficient (Wildman–Crippen LogP) is 2.03. The van der Waals surface area contributed by atoms with Crippen molar-refractivity contribution in [2.24, 2.45) is 18.9 Å². The van der Waals surface area contributed by atoms with Crippen LogP contribution >= 0.6 is 0 Å². The van der Waals surface area contributed by atoms with Crippen LogP contribution in [0.15, 0.2) is 0 Å². The van der Waals surface area contributed by atoms with E-state index in [1.54, 1.807) is 18.7 Å². The Morgan fingerprint density at radius 2 is 1.94 bits per heavy atom. The smallest absolute Gasteiger partial charge is 0.341 e. The Labute approximate surface area is 106 Å². The van der Waals surface area contributed by atoms with Gasteiger partial charge in [-0.1, -0.05) is 0 Å². The Bertz CT molecular complexity index is 475. The molecule has 0 aromatic carbocycles. The summed E-state index contributed by atoms with van der Waals surface area (Å²) >= 11 is 0. The molecule has 0 radical (unpaired) electrons. The summed E-state index contributed by atoms with van der Waals surface area (Å²) in [6, 6.07) is 0.442. The fourth-order valence-corrected chi connectivity index (χ4v) is 2.77. The van der Waals surface area contributed by atoms with Crippen LogP contribution in [0.2, 0.25) is 0 Å². The molecule has 0 saturated heterocycles. The number of nitrogens with one attached hydrogen (secondary N) is 1. The molecule has 98 valence electrons. The van der Waals surface area contributed by atoms with Crippen molar-refractivity contribution in [3.05, 3.63) is 11.3 Å². The van der Waals surface area contributed by atoms with Crippen molar-refractivity contribution in [1.82, 2.24) is 9.78 Å². The molecule has 0 atom stereocenters. The third-order valence-corrected chi connectivity index (χ3v) is 4.00. The summed E-state index contributed by atoms with van der Waals surface area (Å²) in [6.45, 7) is 1.75. The number of hydrogen-bond acceptors (Lipinski definition) is 3. The van der Waals surface area contributed by atoms with Crippen molar-refractivity contribution in [1.29, 1.82) is 0 Å². The first-order valence-electron chi connectivity index (χ1n) is 6.61. The summed E-state index contributed by atoms with van der Waals surface area (Å²) < 4.78 is 1.66. The number of carbonyl (C=O) groups is 1. The molecule has 1 aromatic rings. The van der Waals surface area contributed by atoms with Gasteiger partial charge in [0.15, 0.2) is 0 Å². The molecular formula is C13H19N3O2. The van der Waals surface area contributed by atoms with Crippen molar-refractivity contribution < 1.29 is 9.90 Å². The van der Waals surface area contributed by atoms with Gasteiger partial charge in [-0.15, -0.1) is 0 Å². The molecule has 1 aromatic heterocycles. The summed E-state index contributed by atoms with van der Waals surface area (Å²) in [5.74, 6) is 1.24. The fourth-order valence-electron chi connectivity index (χ4n) is 2.77. The summed E-state index contributed by atoms with van der Waals surface area (Å²) in [7, 11) is 1.80. The van der Waals surface area contributed by atoms with Gasteiger partial charge in [0.05, 0.1) is 5.69 Å². The number of aromatic carboxylic acids is 1. The largest absolute Gasteiger partial charge is 0.477 e. The van der Waals surface area contributed by atoms with E-state index >= 15 is 0 Å². The zero-order valence-electron chi connectivity index (χ0n) is 10.8. The zero-order valence-corrected chi connectivity index (χ0v) is 10.8. The highest BCUT2D eigenvalue weighted by molar-refractivity contribution is 5.94. The lowest BCUT2D eigenvalue weighted by molar-refractivity contribution is 0.0697. The highest BCUT2D eigenvalue weighted by Gasteiger charge is 2.42. The Morgan fingerprint density at radius 1 is 1.39 bits per heavy atom. The monoisotopic (exact) mass is 249 g/mol. The van der Waals surface area contributed by atoms with Crippen LogP contribution in [-0.4, -0.2) is 26.9 Å². The average Bonchev–Trinajstić information content (AvgIpc) is 3.14. The second-order valence-electron chi connectivity index (χ2n) is 5.58. The van der Waals surface area contributed by atoms with Gasteiger partial charge < -0.3 is 10.4 Å². The molecule has 0 amide bonds. The van der Waals surface area contributed by atoms with Crippen molar-refractivity contribution in [2.75, 3.05) is 5.32 Å². The van der Waals surface area contributed by atoms with Crippen LogP contribution in [0.1, 0.15) is 41.7 Å². The molecule has 0 bridgehead atoms. The van der Waals surface area contributed by atoms with Gasteiger partial charge in [0, 0.05) is 13.1 Å². The maximum atomic E-state index is 11.3. The van der Waals surface area contributed by atoms with E-state index in [2.05, 4.69) is 10.4 Å². The molecule has 0 aliphatic heterocycles. The first-order chi connectivity index (χ1) is 8.58. The number of hydrogen-bond donors (Lipinski definition) is 2. The van der Waals surface area contributed by atoms with Crippen molar-refractivity contribution in [2.45, 2.75) is 38.6 Å². The minimum absolute atomic E-state index is 0.323. The SMILES string of the molecule is Cc1nn(C)c(NC(C2CC2)C2CC2)c1C(=O)O. The first-order valence-corrected chi connectivity index (χ1v) is 6.61. The Balaban J connectivity index is 1.88. The number of anilines is 1. The minimum atomic E-state index is -0.895. The number of carboxylic acid groups (broad SMARTS) is 1. The van der Waals surface area contributed by atoms with Crippen LogP contribution in [0.25, 0.3) is 0 Å². The fraction of sp³-hybridized carbons (Fsp3) is 0.692. The van der Waals surface area contributed by atoms with E-state index in [0.717, 1.165) is 11.8 Å². The van der Waals surface area contributed by atoms with E-state index in [0.29, 0.717) is 23.1 Å². The Hall–Kier alpha value is -1.52. The quantitative estimate of drug-likeness (QED) is 0.838. The van der Waals surface area contributed by atoms with Gasteiger partial charge in [0.2, 0.25) is 0 Å². The second-order valence-corrected chi connectivity index (χ2v) is 5.58. The van der Waals surface area contributed by atoms with E-state index < -0.39 is 5.97 Å². The normalized spacial score (nSPS) is 19.3.